The summed E-state index contributed by atoms with van der Waals surface area (Å²) in [7, 11) is 0. The Morgan fingerprint density at radius 3 is 2.42 bits per heavy atom. The molecule has 0 aliphatic heterocycles. The number of unbranched alkanes of at least 4 members (excludes halogenated alkanes) is 1. The third-order valence-electron chi connectivity index (χ3n) is 3.34. The fourth-order valence-corrected chi connectivity index (χ4v) is 2.16. The molecule has 7 heteroatoms. The van der Waals surface area contributed by atoms with Crippen LogP contribution in [0, 0.1) is 11.3 Å². The van der Waals surface area contributed by atoms with Gasteiger partial charge in [0.05, 0.1) is 17.2 Å². The van der Waals surface area contributed by atoms with Crippen molar-refractivity contribution in [3.05, 3.63) is 53.7 Å². The summed E-state index contributed by atoms with van der Waals surface area (Å²) in [5.74, 6) is 0.775. The lowest BCUT2D eigenvalue weighted by Gasteiger charge is -2.15. The first-order valence-corrected chi connectivity index (χ1v) is 7.51. The molecule has 0 aliphatic carbocycles. The van der Waals surface area contributed by atoms with Crippen LogP contribution in [0.4, 0.5) is 24.7 Å². The highest BCUT2D eigenvalue weighted by molar-refractivity contribution is 5.56. The van der Waals surface area contributed by atoms with Crippen molar-refractivity contribution in [1.82, 2.24) is 4.98 Å². The van der Waals surface area contributed by atoms with E-state index in [9.17, 15) is 13.2 Å². The van der Waals surface area contributed by atoms with Crippen LogP contribution in [0.1, 0.15) is 24.0 Å². The number of nitriles is 1. The summed E-state index contributed by atoms with van der Waals surface area (Å²) in [4.78, 5) is 4.12. The summed E-state index contributed by atoms with van der Waals surface area (Å²) < 4.78 is 39.0. The third kappa shape index (κ3) is 5.16. The standard InChI is InChI=1S/C17H17F3N4/c18-17(19,20)14-11-13(12-21)6-7-15(14)22-8-3-4-10-24-16-5-1-2-9-23-16/h1-2,5-7,9,11,22H,3-4,8,10H2,(H,23,24). The molecule has 2 aromatic rings. The topological polar surface area (TPSA) is 60.7 Å². The summed E-state index contributed by atoms with van der Waals surface area (Å²) >= 11 is 0. The van der Waals surface area contributed by atoms with E-state index in [-0.39, 0.29) is 11.3 Å². The largest absolute Gasteiger partial charge is 0.418 e. The van der Waals surface area contributed by atoms with Crippen LogP contribution in [0.15, 0.2) is 42.6 Å². The molecule has 0 saturated carbocycles. The molecule has 0 atom stereocenters. The van der Waals surface area contributed by atoms with E-state index in [1.54, 1.807) is 12.3 Å². The van der Waals surface area contributed by atoms with Gasteiger partial charge in [0.2, 0.25) is 0 Å². The maximum absolute atomic E-state index is 13.0. The molecule has 1 heterocycles. The van der Waals surface area contributed by atoms with Gasteiger partial charge in [-0.2, -0.15) is 18.4 Å². The Bertz CT molecular complexity index is 693. The van der Waals surface area contributed by atoms with E-state index in [0.29, 0.717) is 19.5 Å². The summed E-state index contributed by atoms with van der Waals surface area (Å²) in [5, 5.41) is 14.7. The SMILES string of the molecule is N#Cc1ccc(NCCCCNc2ccccn2)c(C(F)(F)F)c1. The number of benzene rings is 1. The van der Waals surface area contributed by atoms with Gasteiger partial charge < -0.3 is 10.6 Å². The number of hydrogen-bond donors (Lipinski definition) is 2. The van der Waals surface area contributed by atoms with Crippen LogP contribution >= 0.6 is 0 Å². The number of pyridine rings is 1. The summed E-state index contributed by atoms with van der Waals surface area (Å²) in [6.45, 7) is 1.11. The Hall–Kier alpha value is -2.75. The Labute approximate surface area is 138 Å². The molecule has 0 unspecified atom stereocenters. The Morgan fingerprint density at radius 1 is 1.04 bits per heavy atom. The van der Waals surface area contributed by atoms with Crippen molar-refractivity contribution in [3.8, 4) is 6.07 Å². The second kappa shape index (κ2) is 8.20. The molecule has 0 bridgehead atoms. The van der Waals surface area contributed by atoms with Crippen LogP contribution in [-0.4, -0.2) is 18.1 Å². The predicted octanol–water partition coefficient (Wildman–Crippen LogP) is 4.28. The van der Waals surface area contributed by atoms with Crippen molar-refractivity contribution < 1.29 is 13.2 Å². The molecule has 0 saturated heterocycles. The number of nitrogens with one attached hydrogen (secondary N) is 2. The van der Waals surface area contributed by atoms with E-state index >= 15 is 0 Å². The molecular formula is C17H17F3N4. The molecule has 1 aromatic carbocycles. The monoisotopic (exact) mass is 334 g/mol. The van der Waals surface area contributed by atoms with Crippen LogP contribution < -0.4 is 10.6 Å². The molecule has 2 rings (SSSR count). The van der Waals surface area contributed by atoms with Gasteiger partial charge in [-0.3, -0.25) is 0 Å². The van der Waals surface area contributed by atoms with E-state index in [0.717, 1.165) is 18.3 Å². The Balaban J connectivity index is 1.81. The van der Waals surface area contributed by atoms with E-state index in [1.165, 1.54) is 12.1 Å². The predicted molar refractivity (Wildman–Crippen MR) is 86.6 cm³/mol. The van der Waals surface area contributed by atoms with Gasteiger partial charge in [0, 0.05) is 25.0 Å². The molecule has 2 N–H and O–H groups in total. The van der Waals surface area contributed by atoms with Crippen molar-refractivity contribution in [2.75, 3.05) is 23.7 Å². The van der Waals surface area contributed by atoms with Gasteiger partial charge in [0.1, 0.15) is 5.82 Å². The summed E-state index contributed by atoms with van der Waals surface area (Å²) in [6, 6.07) is 10.8. The summed E-state index contributed by atoms with van der Waals surface area (Å²) in [6.07, 6.45) is -1.30. The quantitative estimate of drug-likeness (QED) is 0.742. The number of anilines is 2. The molecule has 0 aliphatic rings. The molecule has 0 spiro atoms. The van der Waals surface area contributed by atoms with Gasteiger partial charge >= 0.3 is 6.18 Å². The minimum Gasteiger partial charge on any atom is -0.385 e. The molecule has 0 amide bonds. The second-order valence-corrected chi connectivity index (χ2v) is 5.15. The van der Waals surface area contributed by atoms with Crippen LogP contribution in [0.3, 0.4) is 0 Å². The van der Waals surface area contributed by atoms with Crippen LogP contribution in [-0.2, 0) is 6.18 Å². The fraction of sp³-hybridized carbons (Fsp3) is 0.294. The first-order valence-electron chi connectivity index (χ1n) is 7.51. The lowest BCUT2D eigenvalue weighted by molar-refractivity contribution is -0.137. The second-order valence-electron chi connectivity index (χ2n) is 5.15. The van der Waals surface area contributed by atoms with Gasteiger partial charge in [0.15, 0.2) is 0 Å². The molecule has 24 heavy (non-hydrogen) atoms. The molecule has 0 radical (unpaired) electrons. The third-order valence-corrected chi connectivity index (χ3v) is 3.34. The highest BCUT2D eigenvalue weighted by Crippen LogP contribution is 2.35. The average Bonchev–Trinajstić information content (AvgIpc) is 2.58. The van der Waals surface area contributed by atoms with Gasteiger partial charge in [-0.1, -0.05) is 6.07 Å². The highest BCUT2D eigenvalue weighted by Gasteiger charge is 2.33. The summed E-state index contributed by atoms with van der Waals surface area (Å²) in [5.41, 5.74) is -0.820. The first kappa shape index (κ1) is 17.6. The minimum atomic E-state index is -4.49. The highest BCUT2D eigenvalue weighted by atomic mass is 19.4. The zero-order valence-electron chi connectivity index (χ0n) is 12.9. The number of aromatic nitrogens is 1. The number of alkyl halides is 3. The number of nitrogens with zero attached hydrogens (tertiary/aromatic N) is 2. The number of rotatable bonds is 7. The zero-order valence-corrected chi connectivity index (χ0v) is 12.9. The lowest BCUT2D eigenvalue weighted by Crippen LogP contribution is -2.13. The Kier molecular flexibility index (Phi) is 6.01. The molecule has 0 fully saturated rings. The number of halogens is 3. The van der Waals surface area contributed by atoms with Gasteiger partial charge in [-0.05, 0) is 43.2 Å². The fourth-order valence-electron chi connectivity index (χ4n) is 2.16. The van der Waals surface area contributed by atoms with Crippen molar-refractivity contribution in [3.63, 3.8) is 0 Å². The molecule has 1 aromatic heterocycles. The maximum atomic E-state index is 13.0. The van der Waals surface area contributed by atoms with Crippen LogP contribution in [0.5, 0.6) is 0 Å². The normalized spacial score (nSPS) is 10.9. The van der Waals surface area contributed by atoms with Crippen LogP contribution in [0.25, 0.3) is 0 Å². The van der Waals surface area contributed by atoms with E-state index in [2.05, 4.69) is 15.6 Å². The Morgan fingerprint density at radius 2 is 1.79 bits per heavy atom. The average molecular weight is 334 g/mol. The van der Waals surface area contributed by atoms with Crippen LogP contribution in [0.2, 0.25) is 0 Å². The van der Waals surface area contributed by atoms with E-state index in [1.807, 2.05) is 18.2 Å². The van der Waals surface area contributed by atoms with Gasteiger partial charge in [-0.15, -0.1) is 0 Å². The van der Waals surface area contributed by atoms with Gasteiger partial charge in [-0.25, -0.2) is 4.98 Å². The smallest absolute Gasteiger partial charge is 0.385 e. The van der Waals surface area contributed by atoms with Crippen molar-refractivity contribution in [2.45, 2.75) is 19.0 Å². The molecular weight excluding hydrogens is 317 g/mol. The zero-order chi connectivity index (χ0) is 17.4. The van der Waals surface area contributed by atoms with Crippen molar-refractivity contribution in [1.29, 1.82) is 5.26 Å². The van der Waals surface area contributed by atoms with E-state index in [4.69, 9.17) is 5.26 Å². The molecule has 4 nitrogen and oxygen atoms in total. The molecule has 126 valence electrons. The maximum Gasteiger partial charge on any atom is 0.418 e. The first-order chi connectivity index (χ1) is 11.5. The number of hydrogen-bond acceptors (Lipinski definition) is 4. The van der Waals surface area contributed by atoms with Gasteiger partial charge in [0.25, 0.3) is 0 Å². The van der Waals surface area contributed by atoms with E-state index < -0.39 is 11.7 Å². The minimum absolute atomic E-state index is 0.000754. The lowest BCUT2D eigenvalue weighted by atomic mass is 10.1. The van der Waals surface area contributed by atoms with Crippen molar-refractivity contribution >= 4 is 11.5 Å². The van der Waals surface area contributed by atoms with Crippen molar-refractivity contribution in [2.24, 2.45) is 0 Å².